The van der Waals surface area contributed by atoms with Crippen molar-refractivity contribution in [3.05, 3.63) is 29.8 Å². The third kappa shape index (κ3) is 2.23. The molecule has 1 fully saturated rings. The highest BCUT2D eigenvalue weighted by Crippen LogP contribution is 2.30. The summed E-state index contributed by atoms with van der Waals surface area (Å²) >= 11 is 0. The third-order valence-electron chi connectivity index (χ3n) is 3.21. The van der Waals surface area contributed by atoms with E-state index in [9.17, 15) is 9.50 Å². The lowest BCUT2D eigenvalue weighted by Gasteiger charge is -2.21. The Balaban J connectivity index is 2.05. The Hall–Kier alpha value is -1.00. The topological polar surface area (TPSA) is 36.4 Å². The first-order chi connectivity index (χ1) is 7.49. The van der Waals surface area contributed by atoms with Gasteiger partial charge in [0.15, 0.2) is 0 Å². The molecule has 2 rings (SSSR count). The van der Waals surface area contributed by atoms with Crippen molar-refractivity contribution in [2.45, 2.75) is 26.5 Å². The van der Waals surface area contributed by atoms with Crippen molar-refractivity contribution in [3.63, 3.8) is 0 Å². The molecule has 0 unspecified atom stereocenters. The smallest absolute Gasteiger partial charge is 0.145 e. The fraction of sp³-hybridized carbons (Fsp3) is 0.583. The molecule has 1 N–H and O–H groups in total. The van der Waals surface area contributed by atoms with Gasteiger partial charge < -0.3 is 5.11 Å². The van der Waals surface area contributed by atoms with E-state index in [1.54, 1.807) is 12.3 Å². The molecule has 3 nitrogen and oxygen atoms in total. The van der Waals surface area contributed by atoms with E-state index in [1.165, 1.54) is 6.20 Å². The van der Waals surface area contributed by atoms with E-state index in [1.807, 2.05) is 13.8 Å². The van der Waals surface area contributed by atoms with Crippen molar-refractivity contribution in [2.24, 2.45) is 5.41 Å². The van der Waals surface area contributed by atoms with Crippen LogP contribution in [0.15, 0.2) is 18.5 Å². The number of rotatable bonds is 2. The summed E-state index contributed by atoms with van der Waals surface area (Å²) in [5.74, 6) is -0.276. The summed E-state index contributed by atoms with van der Waals surface area (Å²) in [6.07, 6.45) is 2.49. The second kappa shape index (κ2) is 4.11. The summed E-state index contributed by atoms with van der Waals surface area (Å²) in [6.45, 7) is 5.99. The molecule has 0 aliphatic carbocycles. The molecule has 1 aromatic heterocycles. The van der Waals surface area contributed by atoms with Crippen molar-refractivity contribution in [2.75, 3.05) is 13.1 Å². The first-order valence-electron chi connectivity index (χ1n) is 5.48. The monoisotopic (exact) mass is 224 g/mol. The second-order valence-corrected chi connectivity index (χ2v) is 5.14. The summed E-state index contributed by atoms with van der Waals surface area (Å²) < 4.78 is 13.4. The molecule has 0 spiro atoms. The maximum absolute atomic E-state index is 13.4. The van der Waals surface area contributed by atoms with Gasteiger partial charge in [0, 0.05) is 36.8 Å². The number of nitrogens with zero attached hydrogens (tertiary/aromatic N) is 2. The van der Waals surface area contributed by atoms with E-state index < -0.39 is 0 Å². The molecule has 88 valence electrons. The molecule has 0 bridgehead atoms. The van der Waals surface area contributed by atoms with E-state index in [2.05, 4.69) is 9.88 Å². The average Bonchev–Trinajstić information content (AvgIpc) is 2.44. The van der Waals surface area contributed by atoms with Crippen molar-refractivity contribution < 1.29 is 9.50 Å². The average molecular weight is 224 g/mol. The van der Waals surface area contributed by atoms with E-state index >= 15 is 0 Å². The summed E-state index contributed by atoms with van der Waals surface area (Å²) in [6, 6.07) is 1.69. The molecule has 1 aliphatic rings. The first-order valence-corrected chi connectivity index (χ1v) is 5.48. The van der Waals surface area contributed by atoms with Crippen molar-refractivity contribution in [1.29, 1.82) is 0 Å². The second-order valence-electron chi connectivity index (χ2n) is 5.14. The Morgan fingerprint density at radius 2 is 2.38 bits per heavy atom. The van der Waals surface area contributed by atoms with Gasteiger partial charge in [-0.15, -0.1) is 0 Å². The van der Waals surface area contributed by atoms with Crippen LogP contribution in [0.1, 0.15) is 19.4 Å². The quantitative estimate of drug-likeness (QED) is 0.825. The van der Waals surface area contributed by atoms with Crippen molar-refractivity contribution in [3.8, 4) is 0 Å². The molecule has 1 aliphatic heterocycles. The van der Waals surface area contributed by atoms with Gasteiger partial charge in [-0.05, 0) is 6.07 Å². The normalized spacial score (nSPS) is 24.9. The zero-order chi connectivity index (χ0) is 11.8. The fourth-order valence-corrected chi connectivity index (χ4v) is 2.13. The Kier molecular flexibility index (Phi) is 2.95. The molecule has 1 atom stereocenters. The number of aliphatic hydroxyl groups is 1. The molecule has 4 heteroatoms. The van der Waals surface area contributed by atoms with E-state index in [0.717, 1.165) is 6.54 Å². The lowest BCUT2D eigenvalue weighted by molar-refractivity contribution is 0.0954. The highest BCUT2D eigenvalue weighted by Gasteiger charge is 2.37. The van der Waals surface area contributed by atoms with Crippen LogP contribution < -0.4 is 0 Å². The summed E-state index contributed by atoms with van der Waals surface area (Å²) in [4.78, 5) is 5.79. The van der Waals surface area contributed by atoms with Crippen LogP contribution in [0.25, 0.3) is 0 Å². The molecule has 2 heterocycles. The van der Waals surface area contributed by atoms with Gasteiger partial charge in [-0.1, -0.05) is 13.8 Å². The summed E-state index contributed by atoms with van der Waals surface area (Å²) in [5, 5.41) is 9.83. The zero-order valence-electron chi connectivity index (χ0n) is 9.65. The molecular weight excluding hydrogens is 207 g/mol. The predicted molar refractivity (Wildman–Crippen MR) is 59.3 cm³/mol. The number of pyridine rings is 1. The molecule has 0 aromatic carbocycles. The van der Waals surface area contributed by atoms with Crippen LogP contribution in [0.3, 0.4) is 0 Å². The van der Waals surface area contributed by atoms with Gasteiger partial charge >= 0.3 is 0 Å². The maximum atomic E-state index is 13.4. The number of hydrogen-bond donors (Lipinski definition) is 1. The minimum absolute atomic E-state index is 0.108. The maximum Gasteiger partial charge on any atom is 0.145 e. The van der Waals surface area contributed by atoms with Crippen LogP contribution in [-0.4, -0.2) is 34.2 Å². The van der Waals surface area contributed by atoms with Gasteiger partial charge in [-0.25, -0.2) is 4.39 Å². The van der Waals surface area contributed by atoms with Gasteiger partial charge in [-0.3, -0.25) is 9.88 Å². The molecule has 16 heavy (non-hydrogen) atoms. The lowest BCUT2D eigenvalue weighted by atomic mass is 9.90. The molecular formula is C12H17FN2O. The van der Waals surface area contributed by atoms with Crippen LogP contribution in [0, 0.1) is 11.2 Å². The van der Waals surface area contributed by atoms with Crippen LogP contribution in [0.5, 0.6) is 0 Å². The van der Waals surface area contributed by atoms with Gasteiger partial charge in [0.1, 0.15) is 5.82 Å². The van der Waals surface area contributed by atoms with Crippen LogP contribution in [0.2, 0.25) is 0 Å². The Morgan fingerprint density at radius 1 is 1.62 bits per heavy atom. The summed E-state index contributed by atoms with van der Waals surface area (Å²) in [7, 11) is 0. The highest BCUT2D eigenvalue weighted by atomic mass is 19.1. The first kappa shape index (κ1) is 11.5. The third-order valence-corrected chi connectivity index (χ3v) is 3.21. The number of β-amino-alcohol motifs (C(OH)–C–C–N with tert-alkyl or cyclic N) is 1. The largest absolute Gasteiger partial charge is 0.391 e. The Morgan fingerprint density at radius 3 is 2.94 bits per heavy atom. The number of aromatic nitrogens is 1. The van der Waals surface area contributed by atoms with Crippen molar-refractivity contribution in [1.82, 2.24) is 9.88 Å². The lowest BCUT2D eigenvalue weighted by Crippen LogP contribution is -2.26. The molecule has 0 amide bonds. The Bertz CT molecular complexity index is 381. The van der Waals surface area contributed by atoms with E-state index in [4.69, 9.17) is 0 Å². The molecule has 1 aromatic rings. The standard InChI is InChI=1S/C12H17FN2O/c1-12(2)8-15(7-11(12)16)6-9-3-4-14-5-10(9)13/h3-5,11,16H,6-8H2,1-2H3/t11-/m1/s1. The van der Waals surface area contributed by atoms with Crippen molar-refractivity contribution >= 4 is 0 Å². The van der Waals surface area contributed by atoms with Crippen LogP contribution >= 0.6 is 0 Å². The molecule has 1 saturated heterocycles. The zero-order valence-corrected chi connectivity index (χ0v) is 9.65. The molecule has 0 radical (unpaired) electrons. The van der Waals surface area contributed by atoms with Gasteiger partial charge in [0.05, 0.1) is 12.3 Å². The summed E-state index contributed by atoms with van der Waals surface area (Å²) in [5.41, 5.74) is 0.531. The number of hydrogen-bond acceptors (Lipinski definition) is 3. The van der Waals surface area contributed by atoms with E-state index in [0.29, 0.717) is 18.7 Å². The van der Waals surface area contributed by atoms with Gasteiger partial charge in [-0.2, -0.15) is 0 Å². The number of halogens is 1. The predicted octanol–water partition coefficient (Wildman–Crippen LogP) is 1.42. The molecule has 0 saturated carbocycles. The minimum Gasteiger partial charge on any atom is -0.391 e. The van der Waals surface area contributed by atoms with E-state index in [-0.39, 0.29) is 17.3 Å². The fourth-order valence-electron chi connectivity index (χ4n) is 2.13. The number of aliphatic hydroxyl groups excluding tert-OH is 1. The Labute approximate surface area is 94.9 Å². The number of likely N-dealkylation sites (tertiary alicyclic amines) is 1. The van der Waals surface area contributed by atoms with Gasteiger partial charge in [0.2, 0.25) is 0 Å². The minimum atomic E-state index is -0.336. The SMILES string of the molecule is CC1(C)CN(Cc2ccncc2F)C[C@H]1O. The van der Waals surface area contributed by atoms with Gasteiger partial charge in [0.25, 0.3) is 0 Å². The van der Waals surface area contributed by atoms with Crippen LogP contribution in [0.4, 0.5) is 4.39 Å². The van der Waals surface area contributed by atoms with Crippen LogP contribution in [-0.2, 0) is 6.54 Å². The highest BCUT2D eigenvalue weighted by molar-refractivity contribution is 5.13.